The first-order chi connectivity index (χ1) is 12.1. The Bertz CT molecular complexity index is 1040. The molecule has 0 spiro atoms. The Hall–Kier alpha value is -3.12. The summed E-state index contributed by atoms with van der Waals surface area (Å²) in [6, 6.07) is 13.0. The standard InChI is InChI=1S/C19H15N3O2S/c1-11-7-13(17(24)8-16(11)23)18-14(9-20-22-18)15-10-25-19(21-15)12-5-3-2-4-6-12/h2-10,23-24H,1H3,(H,20,22). The maximum Gasteiger partial charge on any atom is 0.128 e. The summed E-state index contributed by atoms with van der Waals surface area (Å²) in [5.74, 6) is 0.0355. The zero-order chi connectivity index (χ0) is 17.4. The minimum Gasteiger partial charge on any atom is -0.508 e. The number of nitrogens with zero attached hydrogens (tertiary/aromatic N) is 2. The zero-order valence-electron chi connectivity index (χ0n) is 13.4. The molecule has 4 aromatic rings. The van der Waals surface area contributed by atoms with Crippen molar-refractivity contribution >= 4 is 11.3 Å². The molecule has 2 aromatic heterocycles. The number of aryl methyl sites for hydroxylation is 1. The van der Waals surface area contributed by atoms with Gasteiger partial charge in [0.15, 0.2) is 0 Å². The second kappa shape index (κ2) is 6.07. The van der Waals surface area contributed by atoms with Gasteiger partial charge in [-0.25, -0.2) is 4.98 Å². The summed E-state index contributed by atoms with van der Waals surface area (Å²) >= 11 is 1.56. The molecule has 25 heavy (non-hydrogen) atoms. The van der Waals surface area contributed by atoms with Crippen LogP contribution in [0.5, 0.6) is 11.5 Å². The molecule has 0 unspecified atom stereocenters. The molecule has 6 heteroatoms. The molecule has 3 N–H and O–H groups in total. The van der Waals surface area contributed by atoms with Gasteiger partial charge in [-0.3, -0.25) is 5.10 Å². The Balaban J connectivity index is 1.79. The largest absolute Gasteiger partial charge is 0.508 e. The van der Waals surface area contributed by atoms with Gasteiger partial charge >= 0.3 is 0 Å². The third kappa shape index (κ3) is 2.77. The summed E-state index contributed by atoms with van der Waals surface area (Å²) in [7, 11) is 0. The van der Waals surface area contributed by atoms with Crippen molar-refractivity contribution in [3.63, 3.8) is 0 Å². The van der Waals surface area contributed by atoms with Crippen LogP contribution in [-0.4, -0.2) is 25.4 Å². The SMILES string of the molecule is Cc1cc(-c2n[nH]cc2-c2csc(-c3ccccc3)n2)c(O)cc1O. The quantitative estimate of drug-likeness (QED) is 0.505. The van der Waals surface area contributed by atoms with Crippen molar-refractivity contribution in [1.82, 2.24) is 15.2 Å². The van der Waals surface area contributed by atoms with Gasteiger partial charge in [0.05, 0.1) is 5.69 Å². The van der Waals surface area contributed by atoms with Crippen LogP contribution < -0.4 is 0 Å². The lowest BCUT2D eigenvalue weighted by molar-refractivity contribution is 0.449. The molecule has 124 valence electrons. The number of aromatic nitrogens is 3. The first kappa shape index (κ1) is 15.4. The Morgan fingerprint density at radius 2 is 1.80 bits per heavy atom. The highest BCUT2D eigenvalue weighted by Crippen LogP contribution is 2.39. The van der Waals surface area contributed by atoms with Crippen molar-refractivity contribution in [2.45, 2.75) is 6.92 Å². The minimum atomic E-state index is -0.0186. The van der Waals surface area contributed by atoms with E-state index in [0.29, 0.717) is 16.8 Å². The number of rotatable bonds is 3. The van der Waals surface area contributed by atoms with E-state index in [1.54, 1.807) is 30.5 Å². The summed E-state index contributed by atoms with van der Waals surface area (Å²) in [5.41, 5.74) is 4.49. The predicted octanol–water partition coefficient (Wildman–Crippen LogP) is 4.59. The number of benzene rings is 2. The van der Waals surface area contributed by atoms with Crippen LogP contribution in [0.3, 0.4) is 0 Å². The van der Waals surface area contributed by atoms with Gasteiger partial charge in [0.1, 0.15) is 22.2 Å². The summed E-state index contributed by atoms with van der Waals surface area (Å²) in [6.07, 6.45) is 1.76. The smallest absolute Gasteiger partial charge is 0.128 e. The van der Waals surface area contributed by atoms with E-state index in [1.807, 2.05) is 35.7 Å². The predicted molar refractivity (Wildman–Crippen MR) is 98.6 cm³/mol. The molecule has 2 heterocycles. The third-order valence-corrected chi connectivity index (χ3v) is 4.90. The van der Waals surface area contributed by atoms with Crippen molar-refractivity contribution in [3.8, 4) is 44.6 Å². The molecule has 2 aromatic carbocycles. The summed E-state index contributed by atoms with van der Waals surface area (Å²) in [4.78, 5) is 4.71. The van der Waals surface area contributed by atoms with Gasteiger partial charge in [0.25, 0.3) is 0 Å². The molecule has 0 amide bonds. The first-order valence-corrected chi connectivity index (χ1v) is 8.59. The van der Waals surface area contributed by atoms with E-state index in [-0.39, 0.29) is 11.5 Å². The normalized spacial score (nSPS) is 10.9. The summed E-state index contributed by atoms with van der Waals surface area (Å²) < 4.78 is 0. The highest BCUT2D eigenvalue weighted by Gasteiger charge is 2.18. The van der Waals surface area contributed by atoms with Gasteiger partial charge in [-0.15, -0.1) is 11.3 Å². The fraction of sp³-hybridized carbons (Fsp3) is 0.0526. The molecule has 0 saturated carbocycles. The lowest BCUT2D eigenvalue weighted by Gasteiger charge is -2.07. The van der Waals surface area contributed by atoms with Crippen LogP contribution in [0, 0.1) is 6.92 Å². The summed E-state index contributed by atoms with van der Waals surface area (Å²) in [5, 5.41) is 30.0. The minimum absolute atomic E-state index is 0.0186. The number of aromatic amines is 1. The van der Waals surface area contributed by atoms with Gasteiger partial charge in [-0.2, -0.15) is 5.10 Å². The fourth-order valence-electron chi connectivity index (χ4n) is 2.68. The molecule has 0 fully saturated rings. The molecular weight excluding hydrogens is 334 g/mol. The molecule has 4 rings (SSSR count). The summed E-state index contributed by atoms with van der Waals surface area (Å²) in [6.45, 7) is 1.78. The lowest BCUT2D eigenvalue weighted by atomic mass is 10.0. The molecule has 0 aliphatic heterocycles. The Morgan fingerprint density at radius 1 is 1.00 bits per heavy atom. The van der Waals surface area contributed by atoms with Gasteiger partial charge in [0, 0.05) is 34.3 Å². The fourth-order valence-corrected chi connectivity index (χ4v) is 3.50. The van der Waals surface area contributed by atoms with E-state index in [4.69, 9.17) is 4.98 Å². The van der Waals surface area contributed by atoms with Crippen molar-refractivity contribution in [2.24, 2.45) is 0 Å². The second-order valence-electron chi connectivity index (χ2n) is 5.71. The second-order valence-corrected chi connectivity index (χ2v) is 6.57. The van der Waals surface area contributed by atoms with Gasteiger partial charge in [0.2, 0.25) is 0 Å². The van der Waals surface area contributed by atoms with Crippen LogP contribution in [0.15, 0.2) is 54.0 Å². The number of thiazole rings is 1. The Morgan fingerprint density at radius 3 is 2.60 bits per heavy atom. The average molecular weight is 349 g/mol. The lowest BCUT2D eigenvalue weighted by Crippen LogP contribution is -1.86. The Labute approximate surface area is 148 Å². The Kier molecular flexibility index (Phi) is 3.74. The molecule has 0 radical (unpaired) electrons. The van der Waals surface area contributed by atoms with Crippen molar-refractivity contribution in [3.05, 3.63) is 59.6 Å². The van der Waals surface area contributed by atoms with E-state index >= 15 is 0 Å². The van der Waals surface area contributed by atoms with E-state index in [0.717, 1.165) is 21.8 Å². The van der Waals surface area contributed by atoms with Gasteiger partial charge in [-0.05, 0) is 18.6 Å². The van der Waals surface area contributed by atoms with E-state index in [9.17, 15) is 10.2 Å². The molecule has 5 nitrogen and oxygen atoms in total. The van der Waals surface area contributed by atoms with Crippen LogP contribution in [0.25, 0.3) is 33.1 Å². The maximum absolute atomic E-state index is 10.2. The van der Waals surface area contributed by atoms with Crippen molar-refractivity contribution < 1.29 is 10.2 Å². The zero-order valence-corrected chi connectivity index (χ0v) is 14.2. The van der Waals surface area contributed by atoms with Crippen LogP contribution in [0.1, 0.15) is 5.56 Å². The van der Waals surface area contributed by atoms with Crippen molar-refractivity contribution in [2.75, 3.05) is 0 Å². The maximum atomic E-state index is 10.2. The molecule has 0 aliphatic rings. The average Bonchev–Trinajstić information content (AvgIpc) is 3.28. The molecular formula is C19H15N3O2S. The van der Waals surface area contributed by atoms with Crippen LogP contribution in [-0.2, 0) is 0 Å². The number of phenolic OH excluding ortho intramolecular Hbond substituents is 2. The van der Waals surface area contributed by atoms with Gasteiger partial charge < -0.3 is 10.2 Å². The van der Waals surface area contributed by atoms with Gasteiger partial charge in [-0.1, -0.05) is 30.3 Å². The molecule has 0 saturated heterocycles. The molecule has 0 atom stereocenters. The van der Waals surface area contributed by atoms with Crippen LogP contribution in [0.4, 0.5) is 0 Å². The highest BCUT2D eigenvalue weighted by molar-refractivity contribution is 7.13. The topological polar surface area (TPSA) is 82.0 Å². The number of aromatic hydroxyl groups is 2. The number of H-pyrrole nitrogens is 1. The van der Waals surface area contributed by atoms with E-state index in [2.05, 4.69) is 10.2 Å². The molecule has 0 bridgehead atoms. The van der Waals surface area contributed by atoms with Crippen LogP contribution >= 0.6 is 11.3 Å². The monoisotopic (exact) mass is 349 g/mol. The molecule has 0 aliphatic carbocycles. The highest BCUT2D eigenvalue weighted by atomic mass is 32.1. The third-order valence-electron chi connectivity index (χ3n) is 4.01. The number of nitrogens with one attached hydrogen (secondary N) is 1. The number of hydrogen-bond acceptors (Lipinski definition) is 5. The van der Waals surface area contributed by atoms with E-state index in [1.165, 1.54) is 6.07 Å². The first-order valence-electron chi connectivity index (χ1n) is 7.71. The van der Waals surface area contributed by atoms with Crippen molar-refractivity contribution in [1.29, 1.82) is 0 Å². The van der Waals surface area contributed by atoms with Crippen LogP contribution in [0.2, 0.25) is 0 Å². The number of hydrogen-bond donors (Lipinski definition) is 3. The van der Waals surface area contributed by atoms with E-state index < -0.39 is 0 Å². The number of phenols is 2.